The summed E-state index contributed by atoms with van der Waals surface area (Å²) in [5, 5.41) is 3.07. The third-order valence-electron chi connectivity index (χ3n) is 2.24. The first-order chi connectivity index (χ1) is 8.57. The minimum Gasteiger partial charge on any atom is -0.315 e. The van der Waals surface area contributed by atoms with Crippen LogP contribution >= 0.6 is 0 Å². The highest BCUT2D eigenvalue weighted by atomic mass is 32.2. The lowest BCUT2D eigenvalue weighted by Gasteiger charge is -2.15. The molecular weight excluding hydrogens is 288 g/mol. The van der Waals surface area contributed by atoms with E-state index in [0.717, 1.165) is 0 Å². The van der Waals surface area contributed by atoms with E-state index >= 15 is 0 Å². The number of alkyl halides is 4. The SMILES string of the molecule is CC(C)NCCCCS(=O)(=O)NCC(F)(F)C(F)F. The molecule has 0 aliphatic rings. The molecule has 0 saturated heterocycles. The molecule has 4 nitrogen and oxygen atoms in total. The van der Waals surface area contributed by atoms with Crippen LogP contribution < -0.4 is 10.0 Å². The summed E-state index contributed by atoms with van der Waals surface area (Å²) < 4.78 is 72.8. The molecule has 0 aromatic heterocycles. The zero-order valence-corrected chi connectivity index (χ0v) is 11.7. The number of hydrogen-bond acceptors (Lipinski definition) is 3. The van der Waals surface area contributed by atoms with Crippen molar-refractivity contribution in [1.82, 2.24) is 10.0 Å². The fourth-order valence-corrected chi connectivity index (χ4v) is 2.30. The second-order valence-electron chi connectivity index (χ2n) is 4.52. The van der Waals surface area contributed by atoms with E-state index in [-0.39, 0.29) is 18.2 Å². The maximum atomic E-state index is 12.5. The predicted octanol–water partition coefficient (Wildman–Crippen LogP) is 1.58. The molecule has 0 heterocycles. The van der Waals surface area contributed by atoms with Crippen LogP contribution in [-0.4, -0.2) is 45.6 Å². The summed E-state index contributed by atoms with van der Waals surface area (Å²) in [7, 11) is -3.94. The molecule has 19 heavy (non-hydrogen) atoms. The number of rotatable bonds is 10. The van der Waals surface area contributed by atoms with Gasteiger partial charge in [-0.15, -0.1) is 0 Å². The van der Waals surface area contributed by atoms with E-state index in [9.17, 15) is 26.0 Å². The van der Waals surface area contributed by atoms with Crippen molar-refractivity contribution in [3.05, 3.63) is 0 Å². The Hall–Kier alpha value is -0.410. The first-order valence-electron chi connectivity index (χ1n) is 5.93. The Morgan fingerprint density at radius 3 is 2.21 bits per heavy atom. The third kappa shape index (κ3) is 9.17. The van der Waals surface area contributed by atoms with Crippen LogP contribution in [0.5, 0.6) is 0 Å². The van der Waals surface area contributed by atoms with Crippen molar-refractivity contribution < 1.29 is 26.0 Å². The van der Waals surface area contributed by atoms with Crippen LogP contribution in [0.1, 0.15) is 26.7 Å². The van der Waals surface area contributed by atoms with Gasteiger partial charge >= 0.3 is 12.3 Å². The van der Waals surface area contributed by atoms with Gasteiger partial charge in [0, 0.05) is 6.04 Å². The Labute approximate surface area is 111 Å². The molecule has 0 spiro atoms. The monoisotopic (exact) mass is 308 g/mol. The second-order valence-corrected chi connectivity index (χ2v) is 6.44. The highest BCUT2D eigenvalue weighted by molar-refractivity contribution is 7.89. The van der Waals surface area contributed by atoms with Crippen molar-refractivity contribution in [2.75, 3.05) is 18.8 Å². The summed E-state index contributed by atoms with van der Waals surface area (Å²) in [4.78, 5) is 0. The maximum Gasteiger partial charge on any atom is 0.320 e. The number of unbranched alkanes of at least 4 members (excludes halogenated alkanes) is 1. The molecular formula is C10H20F4N2O2S. The van der Waals surface area contributed by atoms with Crippen LogP contribution in [0.3, 0.4) is 0 Å². The molecule has 2 N–H and O–H groups in total. The van der Waals surface area contributed by atoms with E-state index in [1.54, 1.807) is 0 Å². The Morgan fingerprint density at radius 1 is 1.16 bits per heavy atom. The van der Waals surface area contributed by atoms with Gasteiger partial charge in [0.1, 0.15) is 0 Å². The van der Waals surface area contributed by atoms with Crippen LogP contribution in [0.4, 0.5) is 17.6 Å². The molecule has 9 heteroatoms. The molecule has 0 radical (unpaired) electrons. The Morgan fingerprint density at radius 2 is 1.74 bits per heavy atom. The van der Waals surface area contributed by atoms with Crippen LogP contribution in [0, 0.1) is 0 Å². The Balaban J connectivity index is 3.94. The molecule has 0 aromatic rings. The Kier molecular flexibility index (Phi) is 7.83. The lowest BCUT2D eigenvalue weighted by atomic mass is 10.3. The minimum absolute atomic E-state index is 0.273. The molecule has 0 saturated carbocycles. The summed E-state index contributed by atoms with van der Waals surface area (Å²) in [5.74, 6) is -4.70. The molecule has 0 rings (SSSR count). The van der Waals surface area contributed by atoms with Gasteiger partial charge in [-0.1, -0.05) is 13.8 Å². The van der Waals surface area contributed by atoms with E-state index < -0.39 is 28.9 Å². The van der Waals surface area contributed by atoms with Gasteiger partial charge in [-0.05, 0) is 19.4 Å². The van der Waals surface area contributed by atoms with Gasteiger partial charge < -0.3 is 5.32 Å². The Bertz CT molecular complexity index is 347. The van der Waals surface area contributed by atoms with Gasteiger partial charge in [-0.3, -0.25) is 0 Å². The third-order valence-corrected chi connectivity index (χ3v) is 3.65. The van der Waals surface area contributed by atoms with Gasteiger partial charge in [0.05, 0.1) is 12.3 Å². The quantitative estimate of drug-likeness (QED) is 0.476. The smallest absolute Gasteiger partial charge is 0.315 e. The number of sulfonamides is 1. The summed E-state index contributed by atoms with van der Waals surface area (Å²) in [6.07, 6.45) is -3.05. The molecule has 0 amide bonds. The normalized spacial score (nSPS) is 13.5. The van der Waals surface area contributed by atoms with E-state index in [2.05, 4.69) is 5.32 Å². The van der Waals surface area contributed by atoms with Crippen molar-refractivity contribution >= 4 is 10.0 Å². The van der Waals surface area contributed by atoms with Crippen LogP contribution in [0.15, 0.2) is 0 Å². The topological polar surface area (TPSA) is 58.2 Å². The van der Waals surface area contributed by atoms with Gasteiger partial charge in [0.25, 0.3) is 0 Å². The zero-order valence-electron chi connectivity index (χ0n) is 10.9. The fraction of sp³-hybridized carbons (Fsp3) is 1.00. The number of hydrogen-bond donors (Lipinski definition) is 2. The van der Waals surface area contributed by atoms with Gasteiger partial charge in [-0.25, -0.2) is 21.9 Å². The molecule has 0 aliphatic carbocycles. The van der Waals surface area contributed by atoms with Crippen molar-refractivity contribution in [2.24, 2.45) is 0 Å². The van der Waals surface area contributed by atoms with E-state index in [1.807, 2.05) is 13.8 Å². The van der Waals surface area contributed by atoms with Gasteiger partial charge in [-0.2, -0.15) is 8.78 Å². The van der Waals surface area contributed by atoms with Crippen LogP contribution in [0.2, 0.25) is 0 Å². The lowest BCUT2D eigenvalue weighted by molar-refractivity contribution is -0.122. The summed E-state index contributed by atoms with van der Waals surface area (Å²) in [5.41, 5.74) is 0. The average molecular weight is 308 g/mol. The average Bonchev–Trinajstić information content (AvgIpc) is 2.25. The largest absolute Gasteiger partial charge is 0.320 e. The molecule has 0 aromatic carbocycles. The molecule has 0 atom stereocenters. The van der Waals surface area contributed by atoms with Crippen molar-refractivity contribution in [3.63, 3.8) is 0 Å². The van der Waals surface area contributed by atoms with Gasteiger partial charge in [0.2, 0.25) is 10.0 Å². The lowest BCUT2D eigenvalue weighted by Crippen LogP contribution is -2.42. The van der Waals surface area contributed by atoms with Crippen molar-refractivity contribution in [1.29, 1.82) is 0 Å². The highest BCUT2D eigenvalue weighted by Gasteiger charge is 2.41. The summed E-state index contributed by atoms with van der Waals surface area (Å²) in [6, 6.07) is 0.277. The number of nitrogens with one attached hydrogen (secondary N) is 2. The molecule has 0 bridgehead atoms. The molecule has 0 fully saturated rings. The highest BCUT2D eigenvalue weighted by Crippen LogP contribution is 2.21. The van der Waals surface area contributed by atoms with Crippen molar-refractivity contribution in [2.45, 2.75) is 45.1 Å². The number of halogens is 4. The van der Waals surface area contributed by atoms with Gasteiger partial charge in [0.15, 0.2) is 0 Å². The standard InChI is InChI=1S/C10H20F4N2O2S/c1-8(2)15-5-3-4-6-19(17,18)16-7-10(13,14)9(11)12/h8-9,15-16H,3-7H2,1-2H3. The zero-order chi connectivity index (χ0) is 15.1. The first-order valence-corrected chi connectivity index (χ1v) is 7.59. The maximum absolute atomic E-state index is 12.5. The molecule has 0 aliphatic heterocycles. The van der Waals surface area contributed by atoms with Crippen LogP contribution in [-0.2, 0) is 10.0 Å². The van der Waals surface area contributed by atoms with E-state index in [0.29, 0.717) is 13.0 Å². The summed E-state index contributed by atoms with van der Waals surface area (Å²) >= 11 is 0. The molecule has 116 valence electrons. The second kappa shape index (κ2) is 8.01. The fourth-order valence-electron chi connectivity index (χ4n) is 1.16. The predicted molar refractivity (Wildman–Crippen MR) is 65.1 cm³/mol. The van der Waals surface area contributed by atoms with E-state index in [1.165, 1.54) is 4.72 Å². The minimum atomic E-state index is -4.34. The van der Waals surface area contributed by atoms with Crippen molar-refractivity contribution in [3.8, 4) is 0 Å². The first kappa shape index (κ1) is 18.6. The summed E-state index contributed by atoms with van der Waals surface area (Å²) in [6.45, 7) is 2.91. The van der Waals surface area contributed by atoms with Crippen LogP contribution in [0.25, 0.3) is 0 Å². The molecule has 0 unspecified atom stereocenters. The van der Waals surface area contributed by atoms with E-state index in [4.69, 9.17) is 0 Å².